The fourth-order valence-corrected chi connectivity index (χ4v) is 1.64. The Kier molecular flexibility index (Phi) is 3.62. The molecule has 0 radical (unpaired) electrons. The van der Waals surface area contributed by atoms with Gasteiger partial charge in [0.05, 0.1) is 0 Å². The maximum absolute atomic E-state index is 9.80. The lowest BCUT2D eigenvalue weighted by atomic mass is 10.0. The highest BCUT2D eigenvalue weighted by molar-refractivity contribution is 5.73. The van der Waals surface area contributed by atoms with E-state index >= 15 is 0 Å². The quantitative estimate of drug-likeness (QED) is 0.820. The van der Waals surface area contributed by atoms with Crippen LogP contribution in [0.1, 0.15) is 0 Å². The van der Waals surface area contributed by atoms with Gasteiger partial charge in [0.25, 0.3) is 0 Å². The topological polar surface area (TPSA) is 38.7 Å². The minimum absolute atomic E-state index is 0.109. The van der Waals surface area contributed by atoms with E-state index in [0.29, 0.717) is 5.75 Å². The largest absolute Gasteiger partial charge is 0.504 e. The van der Waals surface area contributed by atoms with Crippen LogP contribution in [0.3, 0.4) is 0 Å². The number of methoxy groups -OCH3 is 1. The van der Waals surface area contributed by atoms with Crippen LogP contribution in [-0.2, 0) is 4.74 Å². The zero-order chi connectivity index (χ0) is 12.1. The molecule has 0 fully saturated rings. The van der Waals surface area contributed by atoms with E-state index in [1.54, 1.807) is 19.2 Å². The Balaban J connectivity index is 2.43. The molecule has 0 saturated carbocycles. The SMILES string of the molecule is COCOc1c(O)cccc1-c1ccccc1. The second-order valence-corrected chi connectivity index (χ2v) is 3.57. The summed E-state index contributed by atoms with van der Waals surface area (Å²) in [6.45, 7) is 0.109. The van der Waals surface area contributed by atoms with E-state index in [9.17, 15) is 5.11 Å². The molecule has 0 bridgehead atoms. The molecule has 0 heterocycles. The summed E-state index contributed by atoms with van der Waals surface area (Å²) >= 11 is 0. The minimum atomic E-state index is 0.109. The van der Waals surface area contributed by atoms with Crippen LogP contribution in [0, 0.1) is 0 Å². The van der Waals surface area contributed by atoms with Crippen molar-refractivity contribution >= 4 is 0 Å². The van der Waals surface area contributed by atoms with Gasteiger partial charge in [-0.25, -0.2) is 0 Å². The third-order valence-electron chi connectivity index (χ3n) is 2.40. The highest BCUT2D eigenvalue weighted by Gasteiger charge is 2.10. The Labute approximate surface area is 100 Å². The van der Waals surface area contributed by atoms with Crippen molar-refractivity contribution in [2.24, 2.45) is 0 Å². The molecule has 2 aromatic carbocycles. The lowest BCUT2D eigenvalue weighted by Gasteiger charge is -2.12. The van der Waals surface area contributed by atoms with E-state index < -0.39 is 0 Å². The summed E-state index contributed by atoms with van der Waals surface area (Å²) < 4.78 is 10.3. The number of phenolic OH excluding ortho intramolecular Hbond substituents is 1. The van der Waals surface area contributed by atoms with E-state index in [4.69, 9.17) is 9.47 Å². The van der Waals surface area contributed by atoms with Crippen molar-refractivity contribution < 1.29 is 14.6 Å². The van der Waals surface area contributed by atoms with Gasteiger partial charge in [0.2, 0.25) is 0 Å². The zero-order valence-electron chi connectivity index (χ0n) is 9.59. The van der Waals surface area contributed by atoms with Crippen LogP contribution in [0.15, 0.2) is 48.5 Å². The first-order chi connectivity index (χ1) is 8.33. The molecule has 2 aromatic rings. The maximum Gasteiger partial charge on any atom is 0.188 e. The molecule has 2 rings (SSSR count). The Hall–Kier alpha value is -2.00. The van der Waals surface area contributed by atoms with Gasteiger partial charge >= 0.3 is 0 Å². The molecule has 0 aromatic heterocycles. The molecular weight excluding hydrogens is 216 g/mol. The number of benzene rings is 2. The molecule has 3 nitrogen and oxygen atoms in total. The van der Waals surface area contributed by atoms with Gasteiger partial charge in [-0.3, -0.25) is 0 Å². The normalized spacial score (nSPS) is 10.2. The number of rotatable bonds is 4. The molecule has 0 atom stereocenters. The fraction of sp³-hybridized carbons (Fsp3) is 0.143. The van der Waals surface area contributed by atoms with Gasteiger partial charge in [-0.05, 0) is 11.6 Å². The van der Waals surface area contributed by atoms with Gasteiger partial charge in [0.1, 0.15) is 0 Å². The van der Waals surface area contributed by atoms with Gasteiger partial charge in [0.15, 0.2) is 18.3 Å². The van der Waals surface area contributed by atoms with E-state index in [1.165, 1.54) is 0 Å². The van der Waals surface area contributed by atoms with Crippen molar-refractivity contribution in [1.29, 1.82) is 0 Å². The van der Waals surface area contributed by atoms with Gasteiger partial charge in [-0.15, -0.1) is 0 Å². The highest BCUT2D eigenvalue weighted by Crippen LogP contribution is 2.37. The summed E-state index contributed by atoms with van der Waals surface area (Å²) in [7, 11) is 1.54. The van der Waals surface area contributed by atoms with Crippen molar-refractivity contribution in [1.82, 2.24) is 0 Å². The van der Waals surface area contributed by atoms with Crippen molar-refractivity contribution in [3.05, 3.63) is 48.5 Å². The number of phenols is 1. The summed E-state index contributed by atoms with van der Waals surface area (Å²) in [5.41, 5.74) is 1.84. The maximum atomic E-state index is 9.80. The highest BCUT2D eigenvalue weighted by atomic mass is 16.7. The summed E-state index contributed by atoms with van der Waals surface area (Å²) in [4.78, 5) is 0. The van der Waals surface area contributed by atoms with Crippen LogP contribution in [0.5, 0.6) is 11.5 Å². The molecule has 0 amide bonds. The van der Waals surface area contributed by atoms with Crippen LogP contribution in [-0.4, -0.2) is 19.0 Å². The van der Waals surface area contributed by atoms with Crippen LogP contribution in [0.2, 0.25) is 0 Å². The molecule has 0 aliphatic heterocycles. The number of aromatic hydroxyl groups is 1. The first-order valence-electron chi connectivity index (χ1n) is 5.32. The number of hydrogen-bond donors (Lipinski definition) is 1. The third kappa shape index (κ3) is 2.57. The van der Waals surface area contributed by atoms with Crippen molar-refractivity contribution in [2.75, 3.05) is 13.9 Å². The molecule has 3 heteroatoms. The number of hydrogen-bond acceptors (Lipinski definition) is 3. The van der Waals surface area contributed by atoms with E-state index in [2.05, 4.69) is 0 Å². The van der Waals surface area contributed by atoms with E-state index in [0.717, 1.165) is 11.1 Å². The monoisotopic (exact) mass is 230 g/mol. The average Bonchev–Trinajstić information content (AvgIpc) is 2.38. The van der Waals surface area contributed by atoms with Crippen molar-refractivity contribution in [3.8, 4) is 22.6 Å². The summed E-state index contributed by atoms with van der Waals surface area (Å²) in [5.74, 6) is 0.559. The smallest absolute Gasteiger partial charge is 0.188 e. The fourth-order valence-electron chi connectivity index (χ4n) is 1.64. The standard InChI is InChI=1S/C14H14O3/c1-16-10-17-14-12(8-5-9-13(14)15)11-6-3-2-4-7-11/h2-9,15H,10H2,1H3. The Bertz CT molecular complexity index is 480. The second-order valence-electron chi connectivity index (χ2n) is 3.57. The van der Waals surface area contributed by atoms with E-state index in [-0.39, 0.29) is 12.5 Å². The molecule has 0 unspecified atom stereocenters. The lowest BCUT2D eigenvalue weighted by Crippen LogP contribution is -2.00. The predicted octanol–water partition coefficient (Wildman–Crippen LogP) is 3.04. The van der Waals surface area contributed by atoms with Gasteiger partial charge < -0.3 is 14.6 Å². The van der Waals surface area contributed by atoms with Crippen LogP contribution >= 0.6 is 0 Å². The molecule has 0 spiro atoms. The predicted molar refractivity (Wildman–Crippen MR) is 66.0 cm³/mol. The van der Waals surface area contributed by atoms with Crippen LogP contribution in [0.25, 0.3) is 11.1 Å². The Morgan fingerprint density at radius 1 is 1.00 bits per heavy atom. The van der Waals surface area contributed by atoms with Crippen molar-refractivity contribution in [3.63, 3.8) is 0 Å². The summed E-state index contributed by atoms with van der Waals surface area (Å²) in [6, 6.07) is 15.1. The first-order valence-corrected chi connectivity index (χ1v) is 5.32. The average molecular weight is 230 g/mol. The second kappa shape index (κ2) is 5.37. The van der Waals surface area contributed by atoms with Crippen LogP contribution in [0.4, 0.5) is 0 Å². The number of ether oxygens (including phenoxy) is 2. The zero-order valence-corrected chi connectivity index (χ0v) is 9.59. The minimum Gasteiger partial charge on any atom is -0.504 e. The molecule has 0 aliphatic carbocycles. The van der Waals surface area contributed by atoms with Gasteiger partial charge in [-0.1, -0.05) is 42.5 Å². The Morgan fingerprint density at radius 2 is 1.76 bits per heavy atom. The van der Waals surface area contributed by atoms with Gasteiger partial charge in [0, 0.05) is 12.7 Å². The van der Waals surface area contributed by atoms with E-state index in [1.807, 2.05) is 36.4 Å². The summed E-state index contributed by atoms with van der Waals surface area (Å²) in [6.07, 6.45) is 0. The molecule has 0 aliphatic rings. The molecule has 88 valence electrons. The number of para-hydroxylation sites is 1. The lowest BCUT2D eigenvalue weighted by molar-refractivity contribution is 0.0496. The first kappa shape index (κ1) is 11.5. The van der Waals surface area contributed by atoms with Gasteiger partial charge in [-0.2, -0.15) is 0 Å². The Morgan fingerprint density at radius 3 is 2.47 bits per heavy atom. The molecule has 0 saturated heterocycles. The van der Waals surface area contributed by atoms with Crippen molar-refractivity contribution in [2.45, 2.75) is 0 Å². The molecular formula is C14H14O3. The molecule has 1 N–H and O–H groups in total. The van der Waals surface area contributed by atoms with Crippen LogP contribution < -0.4 is 4.74 Å². The third-order valence-corrected chi connectivity index (χ3v) is 2.40. The molecule has 17 heavy (non-hydrogen) atoms. The summed E-state index contributed by atoms with van der Waals surface area (Å²) in [5, 5.41) is 9.80.